The topological polar surface area (TPSA) is 87.5 Å². The number of nitrogens with zero attached hydrogens (tertiary/aromatic N) is 1. The van der Waals surface area contributed by atoms with Crippen LogP contribution in [0.15, 0.2) is 0 Å². The molecular weight excluding hydrogens is 196 g/mol. The summed E-state index contributed by atoms with van der Waals surface area (Å²) in [6.45, 7) is 3.81. The number of imide groups is 1. The van der Waals surface area contributed by atoms with Gasteiger partial charge in [-0.25, -0.2) is 4.79 Å². The van der Waals surface area contributed by atoms with Gasteiger partial charge < -0.3 is 11.1 Å². The zero-order chi connectivity index (χ0) is 11.7. The molecule has 0 fully saturated rings. The van der Waals surface area contributed by atoms with Crippen molar-refractivity contribution in [2.24, 2.45) is 5.73 Å². The van der Waals surface area contributed by atoms with Crippen molar-refractivity contribution < 1.29 is 9.59 Å². The second-order valence-corrected chi connectivity index (χ2v) is 3.33. The van der Waals surface area contributed by atoms with Crippen LogP contribution < -0.4 is 16.4 Å². The molecule has 0 aliphatic carbocycles. The largest absolute Gasteiger partial charge is 0.338 e. The molecule has 4 N–H and O–H groups in total. The molecule has 0 radical (unpaired) electrons. The molecule has 6 heteroatoms. The molecule has 0 aliphatic heterocycles. The normalized spacial score (nSPS) is 10.1. The highest BCUT2D eigenvalue weighted by molar-refractivity contribution is 5.95. The van der Waals surface area contributed by atoms with Gasteiger partial charge in [-0.05, 0) is 13.5 Å². The first-order valence-electron chi connectivity index (χ1n) is 5.06. The van der Waals surface area contributed by atoms with Crippen molar-refractivity contribution in [3.63, 3.8) is 0 Å². The Bertz CT molecular complexity index is 208. The molecule has 0 aromatic carbocycles. The Morgan fingerprint density at radius 2 is 2.07 bits per heavy atom. The number of nitrogens with one attached hydrogen (secondary N) is 2. The Morgan fingerprint density at radius 3 is 2.60 bits per heavy atom. The first kappa shape index (κ1) is 13.9. The Kier molecular flexibility index (Phi) is 7.57. The van der Waals surface area contributed by atoms with Gasteiger partial charge in [-0.2, -0.15) is 0 Å². The number of hydrogen-bond acceptors (Lipinski definition) is 4. The van der Waals surface area contributed by atoms with Gasteiger partial charge in [-0.15, -0.1) is 0 Å². The van der Waals surface area contributed by atoms with E-state index in [-0.39, 0.29) is 12.5 Å². The highest BCUT2D eigenvalue weighted by atomic mass is 16.2. The lowest BCUT2D eigenvalue weighted by molar-refractivity contribution is -0.120. The van der Waals surface area contributed by atoms with Gasteiger partial charge in [0.15, 0.2) is 0 Å². The van der Waals surface area contributed by atoms with Crippen LogP contribution in [0.25, 0.3) is 0 Å². The number of hydrogen-bond donors (Lipinski definition) is 3. The fraction of sp³-hybridized carbons (Fsp3) is 0.778. The van der Waals surface area contributed by atoms with Crippen molar-refractivity contribution in [1.82, 2.24) is 15.5 Å². The monoisotopic (exact) mass is 216 g/mol. The van der Waals surface area contributed by atoms with Crippen LogP contribution in [0.4, 0.5) is 4.79 Å². The smallest absolute Gasteiger partial charge is 0.321 e. The SMILES string of the molecule is CCCNC(=O)NC(=O)CN(C)CCN. The van der Waals surface area contributed by atoms with E-state index in [1.54, 1.807) is 11.9 Å². The van der Waals surface area contributed by atoms with Crippen LogP contribution in [0.1, 0.15) is 13.3 Å². The van der Waals surface area contributed by atoms with E-state index in [0.29, 0.717) is 19.6 Å². The maximum Gasteiger partial charge on any atom is 0.321 e. The molecule has 3 amide bonds. The minimum absolute atomic E-state index is 0.177. The van der Waals surface area contributed by atoms with Crippen molar-refractivity contribution in [1.29, 1.82) is 0 Å². The summed E-state index contributed by atoms with van der Waals surface area (Å²) in [4.78, 5) is 24.1. The molecule has 0 saturated heterocycles. The molecular formula is C9H20N4O2. The van der Waals surface area contributed by atoms with E-state index >= 15 is 0 Å². The molecule has 88 valence electrons. The lowest BCUT2D eigenvalue weighted by atomic mass is 10.4. The molecule has 0 saturated carbocycles. The van der Waals surface area contributed by atoms with Gasteiger partial charge in [0, 0.05) is 19.6 Å². The van der Waals surface area contributed by atoms with Crippen molar-refractivity contribution >= 4 is 11.9 Å². The average Bonchev–Trinajstić information content (AvgIpc) is 2.14. The van der Waals surface area contributed by atoms with E-state index in [4.69, 9.17) is 5.73 Å². The van der Waals surface area contributed by atoms with Gasteiger partial charge in [0.2, 0.25) is 5.91 Å². The summed E-state index contributed by atoms with van der Waals surface area (Å²) in [5.41, 5.74) is 5.32. The maximum absolute atomic E-state index is 11.2. The molecule has 6 nitrogen and oxygen atoms in total. The van der Waals surface area contributed by atoms with Gasteiger partial charge in [0.25, 0.3) is 0 Å². The quantitative estimate of drug-likeness (QED) is 0.537. The van der Waals surface area contributed by atoms with Crippen molar-refractivity contribution in [3.8, 4) is 0 Å². The number of nitrogens with two attached hydrogens (primary N) is 1. The number of likely N-dealkylation sites (N-methyl/N-ethyl adjacent to an activating group) is 1. The predicted molar refractivity (Wildman–Crippen MR) is 58.4 cm³/mol. The number of amides is 3. The zero-order valence-corrected chi connectivity index (χ0v) is 9.38. The van der Waals surface area contributed by atoms with E-state index in [2.05, 4.69) is 10.6 Å². The molecule has 0 aromatic heterocycles. The van der Waals surface area contributed by atoms with Gasteiger partial charge in [-0.3, -0.25) is 15.0 Å². The number of carbonyl (C=O) groups is 2. The highest BCUT2D eigenvalue weighted by Gasteiger charge is 2.08. The van der Waals surface area contributed by atoms with Crippen molar-refractivity contribution in [3.05, 3.63) is 0 Å². The summed E-state index contributed by atoms with van der Waals surface area (Å²) in [7, 11) is 1.77. The predicted octanol–water partition coefficient (Wildman–Crippen LogP) is -0.887. The second kappa shape index (κ2) is 8.19. The first-order chi connectivity index (χ1) is 7.10. The summed E-state index contributed by atoms with van der Waals surface area (Å²) in [6, 6.07) is -0.442. The fourth-order valence-electron chi connectivity index (χ4n) is 0.993. The summed E-state index contributed by atoms with van der Waals surface area (Å²) in [6.07, 6.45) is 0.842. The fourth-order valence-corrected chi connectivity index (χ4v) is 0.993. The molecule has 15 heavy (non-hydrogen) atoms. The molecule has 0 bridgehead atoms. The van der Waals surface area contributed by atoms with E-state index < -0.39 is 6.03 Å². The van der Waals surface area contributed by atoms with E-state index in [1.165, 1.54) is 0 Å². The van der Waals surface area contributed by atoms with E-state index in [1.807, 2.05) is 6.92 Å². The molecule has 0 heterocycles. The lowest BCUT2D eigenvalue weighted by Crippen LogP contribution is -2.44. The average molecular weight is 216 g/mol. The Morgan fingerprint density at radius 1 is 1.40 bits per heavy atom. The van der Waals surface area contributed by atoms with E-state index in [9.17, 15) is 9.59 Å². The molecule has 0 rings (SSSR count). The minimum Gasteiger partial charge on any atom is -0.338 e. The van der Waals surface area contributed by atoms with Crippen LogP contribution in [-0.2, 0) is 4.79 Å². The van der Waals surface area contributed by atoms with Crippen LogP contribution in [0.3, 0.4) is 0 Å². The third kappa shape index (κ3) is 7.90. The number of rotatable bonds is 6. The van der Waals surface area contributed by atoms with Crippen LogP contribution in [0.2, 0.25) is 0 Å². The molecule has 0 aromatic rings. The third-order valence-corrected chi connectivity index (χ3v) is 1.71. The Hall–Kier alpha value is -1.14. The minimum atomic E-state index is -0.442. The van der Waals surface area contributed by atoms with Crippen LogP contribution >= 0.6 is 0 Å². The Labute approximate surface area is 90.2 Å². The first-order valence-corrected chi connectivity index (χ1v) is 5.06. The van der Waals surface area contributed by atoms with E-state index in [0.717, 1.165) is 6.42 Å². The van der Waals surface area contributed by atoms with Gasteiger partial charge in [0.1, 0.15) is 0 Å². The zero-order valence-electron chi connectivity index (χ0n) is 9.38. The Balaban J connectivity index is 3.68. The van der Waals surface area contributed by atoms with Crippen molar-refractivity contribution in [2.45, 2.75) is 13.3 Å². The van der Waals surface area contributed by atoms with Crippen LogP contribution in [0, 0.1) is 0 Å². The van der Waals surface area contributed by atoms with Gasteiger partial charge in [-0.1, -0.05) is 6.92 Å². The van der Waals surface area contributed by atoms with Gasteiger partial charge in [0.05, 0.1) is 6.54 Å². The van der Waals surface area contributed by atoms with Crippen molar-refractivity contribution in [2.75, 3.05) is 33.2 Å². The van der Waals surface area contributed by atoms with Crippen LogP contribution in [-0.4, -0.2) is 50.1 Å². The standard InChI is InChI=1S/C9H20N4O2/c1-3-5-11-9(15)12-8(14)7-13(2)6-4-10/h3-7,10H2,1-2H3,(H2,11,12,14,15). The summed E-state index contributed by atoms with van der Waals surface area (Å²) >= 11 is 0. The second-order valence-electron chi connectivity index (χ2n) is 3.33. The maximum atomic E-state index is 11.2. The summed E-state index contributed by atoms with van der Waals surface area (Å²) in [5, 5.41) is 4.79. The number of carbonyl (C=O) groups excluding carboxylic acids is 2. The number of urea groups is 1. The van der Waals surface area contributed by atoms with Crippen LogP contribution in [0.5, 0.6) is 0 Å². The summed E-state index contributed by atoms with van der Waals surface area (Å²) in [5.74, 6) is -0.320. The van der Waals surface area contributed by atoms with Gasteiger partial charge >= 0.3 is 6.03 Å². The molecule has 0 spiro atoms. The molecule has 0 aliphatic rings. The summed E-state index contributed by atoms with van der Waals surface area (Å²) < 4.78 is 0. The third-order valence-electron chi connectivity index (χ3n) is 1.71. The molecule has 0 atom stereocenters. The lowest BCUT2D eigenvalue weighted by Gasteiger charge is -2.14. The highest BCUT2D eigenvalue weighted by Crippen LogP contribution is 1.80. The molecule has 0 unspecified atom stereocenters.